The molecule has 0 aliphatic carbocycles. The molecule has 1 aromatic heterocycles. The fourth-order valence-corrected chi connectivity index (χ4v) is 1.49. The number of hydrogen-bond donors (Lipinski definition) is 0. The molecule has 5 nitrogen and oxygen atoms in total. The van der Waals surface area contributed by atoms with Crippen molar-refractivity contribution in [3.05, 3.63) is 25.7 Å². The third-order valence-corrected chi connectivity index (χ3v) is 2.06. The highest BCUT2D eigenvalue weighted by atomic mass is 127. The van der Waals surface area contributed by atoms with Crippen LogP contribution >= 0.6 is 22.6 Å². The van der Waals surface area contributed by atoms with Gasteiger partial charge in [0.2, 0.25) is 5.75 Å². The summed E-state index contributed by atoms with van der Waals surface area (Å²) in [5.41, 5.74) is 0. The number of rotatable bonds is 2. The molecule has 0 unspecified atom stereocenters. The third-order valence-electron chi connectivity index (χ3n) is 1.26. The molecule has 0 spiro atoms. The van der Waals surface area contributed by atoms with E-state index >= 15 is 0 Å². The van der Waals surface area contributed by atoms with E-state index in [1.807, 2.05) is 0 Å². The first-order chi connectivity index (χ1) is 6.06. The van der Waals surface area contributed by atoms with Crippen LogP contribution < -0.4 is 4.74 Å². The molecule has 0 fully saturated rings. The highest BCUT2D eigenvalue weighted by molar-refractivity contribution is 14.1. The molecule has 7 heteroatoms. The molecule has 0 N–H and O–H groups in total. The van der Waals surface area contributed by atoms with Crippen LogP contribution in [0, 0.1) is 19.6 Å². The van der Waals surface area contributed by atoms with Gasteiger partial charge in [-0.15, -0.1) is 0 Å². The number of pyridine rings is 1. The highest BCUT2D eigenvalue weighted by Crippen LogP contribution is 2.29. The summed E-state index contributed by atoms with van der Waals surface area (Å²) in [5, 5.41) is 10.4. The molecule has 0 bridgehead atoms. The second-order valence-corrected chi connectivity index (χ2v) is 3.20. The summed E-state index contributed by atoms with van der Waals surface area (Å²) in [5.74, 6) is -1.52. The number of halogens is 2. The number of aromatic nitrogens is 1. The van der Waals surface area contributed by atoms with Crippen molar-refractivity contribution in [2.24, 2.45) is 0 Å². The van der Waals surface area contributed by atoms with Crippen molar-refractivity contribution >= 4 is 28.4 Å². The van der Waals surface area contributed by atoms with Crippen LogP contribution in [0.2, 0.25) is 0 Å². The maximum absolute atomic E-state index is 12.6. The molecule has 0 saturated heterocycles. The minimum Gasteiger partial charge on any atom is -0.488 e. The summed E-state index contributed by atoms with van der Waals surface area (Å²) in [7, 11) is 1.27. The minimum absolute atomic E-state index is 0.0213. The Balaban J connectivity index is 3.38. The molecule has 13 heavy (non-hydrogen) atoms. The molecule has 0 aromatic carbocycles. The van der Waals surface area contributed by atoms with Crippen molar-refractivity contribution in [3.63, 3.8) is 0 Å². The summed E-state index contributed by atoms with van der Waals surface area (Å²) in [4.78, 5) is 12.7. The molecular weight excluding hydrogens is 294 g/mol. The molecule has 1 heterocycles. The molecule has 0 aliphatic rings. The van der Waals surface area contributed by atoms with Crippen LogP contribution in [0.3, 0.4) is 0 Å². The molecule has 0 aliphatic heterocycles. The maximum atomic E-state index is 12.6. The zero-order valence-electron chi connectivity index (χ0n) is 6.45. The highest BCUT2D eigenvalue weighted by Gasteiger charge is 2.22. The van der Waals surface area contributed by atoms with Crippen LogP contribution in [-0.2, 0) is 0 Å². The number of hydrogen-bond acceptors (Lipinski definition) is 4. The predicted octanol–water partition coefficient (Wildman–Crippen LogP) is 1.74. The van der Waals surface area contributed by atoms with Crippen molar-refractivity contribution in [1.82, 2.24) is 4.98 Å². The topological polar surface area (TPSA) is 65.3 Å². The Morgan fingerprint density at radius 1 is 1.77 bits per heavy atom. The molecule has 1 rings (SSSR count). The Morgan fingerprint density at radius 3 is 2.85 bits per heavy atom. The lowest BCUT2D eigenvalue weighted by Gasteiger charge is -2.02. The summed E-state index contributed by atoms with van der Waals surface area (Å²) >= 11 is 1.74. The van der Waals surface area contributed by atoms with Crippen LogP contribution in [0.1, 0.15) is 0 Å². The lowest BCUT2D eigenvalue weighted by atomic mass is 10.4. The van der Waals surface area contributed by atoms with E-state index in [9.17, 15) is 14.5 Å². The second kappa shape index (κ2) is 3.81. The van der Waals surface area contributed by atoms with Gasteiger partial charge in [-0.05, 0) is 32.5 Å². The van der Waals surface area contributed by atoms with Crippen LogP contribution in [0.25, 0.3) is 0 Å². The Kier molecular flexibility index (Phi) is 2.96. The summed E-state index contributed by atoms with van der Waals surface area (Å²) in [6, 6.07) is 1.06. The maximum Gasteiger partial charge on any atom is 0.410 e. The molecule has 0 atom stereocenters. The van der Waals surface area contributed by atoms with E-state index in [0.29, 0.717) is 3.57 Å². The minimum atomic E-state index is -0.892. The SMILES string of the molecule is COc1c(I)cc(F)nc1[N+](=O)[O-]. The van der Waals surface area contributed by atoms with Gasteiger partial charge in [0.25, 0.3) is 0 Å². The first kappa shape index (κ1) is 10.1. The third kappa shape index (κ3) is 2.02. The van der Waals surface area contributed by atoms with Crippen molar-refractivity contribution in [3.8, 4) is 5.75 Å². The van der Waals surface area contributed by atoms with E-state index in [4.69, 9.17) is 4.74 Å². The monoisotopic (exact) mass is 298 g/mol. The van der Waals surface area contributed by atoms with Crippen LogP contribution in [0.4, 0.5) is 10.2 Å². The van der Waals surface area contributed by atoms with Gasteiger partial charge in [0, 0.05) is 6.07 Å². The van der Waals surface area contributed by atoms with Gasteiger partial charge >= 0.3 is 11.8 Å². The van der Waals surface area contributed by atoms with Crippen molar-refractivity contribution < 1.29 is 14.1 Å². The molecule has 70 valence electrons. The fourth-order valence-electron chi connectivity index (χ4n) is 0.774. The van der Waals surface area contributed by atoms with E-state index in [1.165, 1.54) is 7.11 Å². The van der Waals surface area contributed by atoms with Gasteiger partial charge < -0.3 is 14.9 Å². The predicted molar refractivity (Wildman–Crippen MR) is 50.1 cm³/mol. The Bertz CT molecular complexity index is 358. The average Bonchev–Trinajstić information content (AvgIpc) is 2.02. The van der Waals surface area contributed by atoms with E-state index in [2.05, 4.69) is 4.98 Å². The number of nitro groups is 1. The van der Waals surface area contributed by atoms with Gasteiger partial charge in [-0.3, -0.25) is 0 Å². The van der Waals surface area contributed by atoms with Crippen molar-refractivity contribution in [1.29, 1.82) is 0 Å². The van der Waals surface area contributed by atoms with E-state index in [0.717, 1.165) is 6.07 Å². The van der Waals surface area contributed by atoms with E-state index in [-0.39, 0.29) is 5.75 Å². The molecule has 0 radical (unpaired) electrons. The first-order valence-electron chi connectivity index (χ1n) is 3.10. The van der Waals surface area contributed by atoms with Crippen LogP contribution in [0.5, 0.6) is 5.75 Å². The molecule has 0 amide bonds. The normalized spacial score (nSPS) is 9.77. The summed E-state index contributed by atoms with van der Waals surface area (Å²) in [6.45, 7) is 0. The lowest BCUT2D eigenvalue weighted by Crippen LogP contribution is -2.00. The standard InChI is InChI=1S/C6H4FIN2O3/c1-13-5-3(8)2-4(7)9-6(5)10(11)12/h2H,1H3. The average molecular weight is 298 g/mol. The van der Waals surface area contributed by atoms with Gasteiger partial charge in [-0.2, -0.15) is 4.39 Å². The lowest BCUT2D eigenvalue weighted by molar-refractivity contribution is -0.390. The smallest absolute Gasteiger partial charge is 0.410 e. The number of nitrogens with zero attached hydrogens (tertiary/aromatic N) is 2. The fraction of sp³-hybridized carbons (Fsp3) is 0.167. The largest absolute Gasteiger partial charge is 0.488 e. The zero-order valence-corrected chi connectivity index (χ0v) is 8.61. The van der Waals surface area contributed by atoms with Crippen LogP contribution in [-0.4, -0.2) is 17.0 Å². The Hall–Kier alpha value is -0.990. The summed E-state index contributed by atoms with van der Waals surface area (Å²) in [6.07, 6.45) is 0. The molecule has 0 saturated carbocycles. The van der Waals surface area contributed by atoms with Gasteiger partial charge in [0.1, 0.15) is 0 Å². The number of ether oxygens (including phenoxy) is 1. The van der Waals surface area contributed by atoms with Crippen molar-refractivity contribution in [2.45, 2.75) is 0 Å². The summed E-state index contributed by atoms with van der Waals surface area (Å²) < 4.78 is 17.7. The number of methoxy groups -OCH3 is 1. The van der Waals surface area contributed by atoms with Gasteiger partial charge in [-0.1, -0.05) is 0 Å². The van der Waals surface area contributed by atoms with E-state index in [1.54, 1.807) is 22.6 Å². The van der Waals surface area contributed by atoms with E-state index < -0.39 is 16.7 Å². The quantitative estimate of drug-likeness (QED) is 0.361. The Morgan fingerprint density at radius 2 is 2.38 bits per heavy atom. The van der Waals surface area contributed by atoms with Gasteiger partial charge in [0.05, 0.1) is 10.7 Å². The Labute approximate surface area is 86.2 Å². The van der Waals surface area contributed by atoms with Gasteiger partial charge in [0.15, 0.2) is 0 Å². The first-order valence-corrected chi connectivity index (χ1v) is 4.18. The van der Waals surface area contributed by atoms with Crippen LogP contribution in [0.15, 0.2) is 6.07 Å². The second-order valence-electron chi connectivity index (χ2n) is 2.04. The molecular formula is C6H4FIN2O3. The molecule has 1 aromatic rings. The zero-order chi connectivity index (χ0) is 10.0. The van der Waals surface area contributed by atoms with Crippen molar-refractivity contribution in [2.75, 3.05) is 7.11 Å². The van der Waals surface area contributed by atoms with Gasteiger partial charge in [-0.25, -0.2) is 0 Å².